The summed E-state index contributed by atoms with van der Waals surface area (Å²) in [7, 11) is -7.83. The lowest BCUT2D eigenvalue weighted by Gasteiger charge is -2.25. The fourth-order valence-electron chi connectivity index (χ4n) is 1.75. The molecule has 1 rings (SSSR count). The van der Waals surface area contributed by atoms with Crippen molar-refractivity contribution in [1.82, 2.24) is 4.72 Å². The quantitative estimate of drug-likeness (QED) is 0.740. The molecule has 0 aliphatic carbocycles. The summed E-state index contributed by atoms with van der Waals surface area (Å²) in [6, 6.07) is 2.65. The third kappa shape index (κ3) is 4.73. The van der Waals surface area contributed by atoms with E-state index in [9.17, 15) is 21.2 Å². The van der Waals surface area contributed by atoms with Gasteiger partial charge in [-0.3, -0.25) is 0 Å². The highest BCUT2D eigenvalue weighted by Crippen LogP contribution is 2.21. The Bertz CT molecular complexity index is 728. The molecule has 0 unspecified atom stereocenters. The maximum Gasteiger partial charge on any atom is 0.244 e. The van der Waals surface area contributed by atoms with Crippen LogP contribution >= 0.6 is 0 Å². The van der Waals surface area contributed by atoms with Crippen molar-refractivity contribution in [3.63, 3.8) is 0 Å². The van der Waals surface area contributed by atoms with Gasteiger partial charge in [-0.25, -0.2) is 25.9 Å². The third-order valence-corrected chi connectivity index (χ3v) is 5.62. The van der Waals surface area contributed by atoms with Crippen LogP contribution in [-0.2, 0) is 19.9 Å². The van der Waals surface area contributed by atoms with Crippen molar-refractivity contribution in [2.75, 3.05) is 12.8 Å². The van der Waals surface area contributed by atoms with E-state index in [2.05, 4.69) is 4.72 Å². The summed E-state index contributed by atoms with van der Waals surface area (Å²) in [6.45, 7) is 3.47. The molecule has 0 aliphatic heterocycles. The Balaban J connectivity index is 3.32. The molecule has 0 heterocycles. The second kappa shape index (κ2) is 5.99. The summed E-state index contributed by atoms with van der Waals surface area (Å²) in [5, 5.41) is 0. The normalized spacial score (nSPS) is 13.4. The van der Waals surface area contributed by atoms with Crippen LogP contribution in [0.15, 0.2) is 28.0 Å². The number of hydrogen-bond acceptors (Lipinski definition) is 5. The van der Waals surface area contributed by atoms with Gasteiger partial charge in [0, 0.05) is 11.8 Å². The number of sulfone groups is 1. The molecule has 0 aliphatic rings. The van der Waals surface area contributed by atoms with E-state index < -0.39 is 36.1 Å². The number of halogens is 1. The Kier molecular flexibility index (Phi) is 5.14. The minimum Gasteiger partial charge on any atom is -0.330 e. The van der Waals surface area contributed by atoms with Gasteiger partial charge in [0.1, 0.15) is 10.7 Å². The number of nitrogens with one attached hydrogen (secondary N) is 1. The second-order valence-electron chi connectivity index (χ2n) is 5.39. The maximum atomic E-state index is 13.8. The monoisotopic (exact) mass is 338 g/mol. The van der Waals surface area contributed by atoms with Gasteiger partial charge in [-0.2, -0.15) is 0 Å². The van der Waals surface area contributed by atoms with Crippen LogP contribution in [0.3, 0.4) is 0 Å². The first-order chi connectivity index (χ1) is 9.39. The van der Waals surface area contributed by atoms with E-state index in [1.165, 1.54) is 0 Å². The number of benzene rings is 1. The Hall–Kier alpha value is -1.03. The highest BCUT2D eigenvalue weighted by molar-refractivity contribution is 7.91. The lowest BCUT2D eigenvalue weighted by Crippen LogP contribution is -2.44. The summed E-state index contributed by atoms with van der Waals surface area (Å²) in [4.78, 5) is -0.962. The molecule has 0 saturated carbocycles. The molecular weight excluding hydrogens is 319 g/mol. The van der Waals surface area contributed by atoms with Gasteiger partial charge in [0.25, 0.3) is 0 Å². The Morgan fingerprint density at radius 2 is 1.81 bits per heavy atom. The zero-order valence-electron chi connectivity index (χ0n) is 12.1. The molecule has 21 heavy (non-hydrogen) atoms. The molecule has 0 spiro atoms. The first-order valence-electron chi connectivity index (χ1n) is 6.13. The van der Waals surface area contributed by atoms with Crippen LogP contribution in [0.5, 0.6) is 0 Å². The molecule has 0 bridgehead atoms. The van der Waals surface area contributed by atoms with Gasteiger partial charge in [0.15, 0.2) is 9.84 Å². The number of nitrogens with two attached hydrogens (primary N) is 1. The highest BCUT2D eigenvalue weighted by atomic mass is 32.2. The van der Waals surface area contributed by atoms with Crippen LogP contribution in [-0.4, -0.2) is 35.2 Å². The lowest BCUT2D eigenvalue weighted by molar-refractivity contribution is 0.426. The van der Waals surface area contributed by atoms with E-state index in [1.54, 1.807) is 13.8 Å². The Morgan fingerprint density at radius 3 is 2.29 bits per heavy atom. The predicted molar refractivity (Wildman–Crippen MR) is 77.6 cm³/mol. The van der Waals surface area contributed by atoms with Gasteiger partial charge >= 0.3 is 0 Å². The molecule has 1 aromatic carbocycles. The topological polar surface area (TPSA) is 106 Å². The number of hydrogen-bond donors (Lipinski definition) is 2. The van der Waals surface area contributed by atoms with E-state index in [0.717, 1.165) is 24.5 Å². The SMILES string of the molecule is CC(C)(CCN)NS(=O)(=O)c1cc(S(C)(=O)=O)ccc1F. The fourth-order valence-corrected chi connectivity index (χ4v) is 4.02. The van der Waals surface area contributed by atoms with Gasteiger partial charge < -0.3 is 5.73 Å². The zero-order chi connectivity index (χ0) is 16.5. The van der Waals surface area contributed by atoms with Crippen molar-refractivity contribution in [3.8, 4) is 0 Å². The van der Waals surface area contributed by atoms with Gasteiger partial charge in [-0.15, -0.1) is 0 Å². The largest absolute Gasteiger partial charge is 0.330 e. The van der Waals surface area contributed by atoms with Gasteiger partial charge in [0.05, 0.1) is 4.90 Å². The average molecular weight is 338 g/mol. The molecule has 0 atom stereocenters. The first kappa shape index (κ1) is 18.0. The van der Waals surface area contributed by atoms with Crippen molar-refractivity contribution in [1.29, 1.82) is 0 Å². The summed E-state index contributed by atoms with van der Waals surface area (Å²) in [5.41, 5.74) is 4.52. The average Bonchev–Trinajstić information content (AvgIpc) is 2.25. The molecule has 1 aromatic rings. The molecule has 120 valence electrons. The van der Waals surface area contributed by atoms with E-state index in [0.29, 0.717) is 6.42 Å². The molecule has 6 nitrogen and oxygen atoms in total. The molecule has 3 N–H and O–H groups in total. The lowest BCUT2D eigenvalue weighted by atomic mass is 10.0. The van der Waals surface area contributed by atoms with E-state index in [1.807, 2.05) is 0 Å². The standard InChI is InChI=1S/C12H19FN2O4S2/c1-12(2,6-7-14)15-21(18,19)11-8-9(20(3,16)17)4-5-10(11)13/h4-5,8,15H,6-7,14H2,1-3H3. The molecule has 0 radical (unpaired) electrons. The van der Waals surface area contributed by atoms with Crippen molar-refractivity contribution >= 4 is 19.9 Å². The molecular formula is C12H19FN2O4S2. The van der Waals surface area contributed by atoms with E-state index in [-0.39, 0.29) is 11.4 Å². The molecule has 0 fully saturated rings. The smallest absolute Gasteiger partial charge is 0.244 e. The third-order valence-electron chi connectivity index (χ3n) is 2.80. The van der Waals surface area contributed by atoms with Crippen molar-refractivity contribution < 1.29 is 21.2 Å². The van der Waals surface area contributed by atoms with Crippen LogP contribution in [0.1, 0.15) is 20.3 Å². The highest BCUT2D eigenvalue weighted by Gasteiger charge is 2.28. The number of sulfonamides is 1. The van der Waals surface area contributed by atoms with Crippen molar-refractivity contribution in [2.24, 2.45) is 5.73 Å². The van der Waals surface area contributed by atoms with Crippen LogP contribution in [0.2, 0.25) is 0 Å². The fraction of sp³-hybridized carbons (Fsp3) is 0.500. The van der Waals surface area contributed by atoms with Crippen LogP contribution < -0.4 is 10.5 Å². The van der Waals surface area contributed by atoms with Crippen LogP contribution in [0.4, 0.5) is 4.39 Å². The molecule has 0 amide bonds. The van der Waals surface area contributed by atoms with Crippen molar-refractivity contribution in [2.45, 2.75) is 35.6 Å². The van der Waals surface area contributed by atoms with E-state index in [4.69, 9.17) is 5.73 Å². The van der Waals surface area contributed by atoms with Crippen molar-refractivity contribution in [3.05, 3.63) is 24.0 Å². The van der Waals surface area contributed by atoms with Gasteiger partial charge in [-0.1, -0.05) is 0 Å². The molecule has 0 aromatic heterocycles. The maximum absolute atomic E-state index is 13.8. The summed E-state index contributed by atoms with van der Waals surface area (Å²) in [6.07, 6.45) is 1.27. The zero-order valence-corrected chi connectivity index (χ0v) is 13.7. The second-order valence-corrected chi connectivity index (χ2v) is 9.06. The van der Waals surface area contributed by atoms with Crippen LogP contribution in [0, 0.1) is 5.82 Å². The van der Waals surface area contributed by atoms with Crippen LogP contribution in [0.25, 0.3) is 0 Å². The minimum atomic E-state index is -4.20. The predicted octanol–water partition coefficient (Wildman–Crippen LogP) is 0.635. The summed E-state index contributed by atoms with van der Waals surface area (Å²) < 4.78 is 63.5. The van der Waals surface area contributed by atoms with Gasteiger partial charge in [0.2, 0.25) is 10.0 Å². The first-order valence-corrected chi connectivity index (χ1v) is 9.50. The Labute approximate surface area is 124 Å². The summed E-state index contributed by atoms with van der Waals surface area (Å²) in [5.74, 6) is -1.02. The Morgan fingerprint density at radius 1 is 1.24 bits per heavy atom. The molecule has 0 saturated heterocycles. The minimum absolute atomic E-state index is 0.251. The number of rotatable bonds is 6. The molecule has 9 heteroatoms. The summed E-state index contributed by atoms with van der Waals surface area (Å²) >= 11 is 0. The van der Waals surface area contributed by atoms with Gasteiger partial charge in [-0.05, 0) is 45.0 Å². The van der Waals surface area contributed by atoms with E-state index >= 15 is 0 Å².